The molecule has 0 saturated carbocycles. The van der Waals surface area contributed by atoms with E-state index in [1.54, 1.807) is 0 Å². The van der Waals surface area contributed by atoms with Gasteiger partial charge in [-0.25, -0.2) is 9.97 Å². The Morgan fingerprint density at radius 3 is 1.63 bits per heavy atom. The van der Waals surface area contributed by atoms with Crippen LogP contribution in [0.1, 0.15) is 25.0 Å². The van der Waals surface area contributed by atoms with Crippen LogP contribution in [0.3, 0.4) is 0 Å². The average molecular weight is 651 g/mol. The minimum absolute atomic E-state index is 0.0338. The maximum absolute atomic E-state index is 5.19. The summed E-state index contributed by atoms with van der Waals surface area (Å²) in [7, 11) is 0. The average Bonchev–Trinajstić information content (AvgIpc) is 3.43. The van der Waals surface area contributed by atoms with E-state index in [-0.39, 0.29) is 5.41 Å². The van der Waals surface area contributed by atoms with Gasteiger partial charge in [0.15, 0.2) is 5.82 Å². The molecule has 2 nitrogen and oxygen atoms in total. The van der Waals surface area contributed by atoms with Gasteiger partial charge in [0.25, 0.3) is 0 Å². The van der Waals surface area contributed by atoms with Gasteiger partial charge in [0.05, 0.1) is 11.4 Å². The van der Waals surface area contributed by atoms with Crippen molar-refractivity contribution in [2.24, 2.45) is 0 Å². The standard InChI is InChI=1S/C49H34N2/c1-49(2)43-23-12-11-20-39(43)41-28-33(25-27-44(41)49)35-21-13-22-40-37-19-10-9-18-36(37)38-26-24-34(29-42(38)47(35)40)48-50-45(31-14-5-3-6-15-31)30-46(51-48)32-16-7-4-8-17-32/h3-30H,1-2H3. The molecule has 1 heterocycles. The molecular formula is C49H34N2. The molecular weight excluding hydrogens is 617 g/mol. The van der Waals surface area contributed by atoms with Crippen LogP contribution >= 0.6 is 0 Å². The number of hydrogen-bond acceptors (Lipinski definition) is 2. The smallest absolute Gasteiger partial charge is 0.160 e. The van der Waals surface area contributed by atoms with Crippen LogP contribution in [0.4, 0.5) is 0 Å². The Hall–Kier alpha value is -6.38. The van der Waals surface area contributed by atoms with Gasteiger partial charge >= 0.3 is 0 Å². The van der Waals surface area contributed by atoms with Gasteiger partial charge in [-0.05, 0) is 83.9 Å². The van der Waals surface area contributed by atoms with Crippen molar-refractivity contribution in [1.82, 2.24) is 9.97 Å². The van der Waals surface area contributed by atoms with Crippen molar-refractivity contribution in [3.05, 3.63) is 181 Å². The Bertz CT molecular complexity index is 2760. The highest BCUT2D eigenvalue weighted by Crippen LogP contribution is 2.50. The number of benzene rings is 8. The van der Waals surface area contributed by atoms with Crippen LogP contribution in [0.15, 0.2) is 170 Å². The van der Waals surface area contributed by atoms with Crippen molar-refractivity contribution in [2.75, 3.05) is 0 Å². The van der Waals surface area contributed by atoms with Crippen LogP contribution in [-0.2, 0) is 5.41 Å². The van der Waals surface area contributed by atoms with E-state index in [0.29, 0.717) is 5.82 Å². The predicted molar refractivity (Wildman–Crippen MR) is 214 cm³/mol. The fraction of sp³-hybridized carbons (Fsp3) is 0.0612. The third-order valence-corrected chi connectivity index (χ3v) is 10.9. The van der Waals surface area contributed by atoms with Crippen molar-refractivity contribution in [3.63, 3.8) is 0 Å². The Morgan fingerprint density at radius 2 is 0.902 bits per heavy atom. The second kappa shape index (κ2) is 11.3. The molecule has 0 amide bonds. The number of aromatic nitrogens is 2. The molecule has 0 saturated heterocycles. The summed E-state index contributed by atoms with van der Waals surface area (Å²) < 4.78 is 0. The molecule has 240 valence electrons. The molecule has 1 aromatic heterocycles. The quantitative estimate of drug-likeness (QED) is 0.177. The van der Waals surface area contributed by atoms with E-state index >= 15 is 0 Å². The molecule has 0 N–H and O–H groups in total. The van der Waals surface area contributed by atoms with E-state index in [0.717, 1.165) is 28.1 Å². The lowest BCUT2D eigenvalue weighted by Gasteiger charge is -2.21. The van der Waals surface area contributed by atoms with E-state index in [1.165, 1.54) is 65.7 Å². The maximum atomic E-state index is 5.19. The molecule has 0 spiro atoms. The van der Waals surface area contributed by atoms with Crippen LogP contribution in [0.25, 0.3) is 88.5 Å². The molecule has 1 aliphatic carbocycles. The summed E-state index contributed by atoms with van der Waals surface area (Å²) in [6, 6.07) is 61.2. The highest BCUT2D eigenvalue weighted by Gasteiger charge is 2.35. The molecule has 51 heavy (non-hydrogen) atoms. The number of fused-ring (bicyclic) bond motifs is 9. The highest BCUT2D eigenvalue weighted by atomic mass is 14.9. The van der Waals surface area contributed by atoms with Crippen LogP contribution in [0.2, 0.25) is 0 Å². The van der Waals surface area contributed by atoms with Gasteiger partial charge in [0.1, 0.15) is 0 Å². The maximum Gasteiger partial charge on any atom is 0.160 e. The van der Waals surface area contributed by atoms with E-state index in [1.807, 2.05) is 12.1 Å². The Morgan fingerprint density at radius 1 is 0.353 bits per heavy atom. The second-order valence-corrected chi connectivity index (χ2v) is 14.2. The summed E-state index contributed by atoms with van der Waals surface area (Å²) in [5.74, 6) is 0.715. The van der Waals surface area contributed by atoms with Crippen molar-refractivity contribution in [2.45, 2.75) is 19.3 Å². The monoisotopic (exact) mass is 650 g/mol. The Balaban J connectivity index is 1.24. The summed E-state index contributed by atoms with van der Waals surface area (Å²) in [4.78, 5) is 10.4. The molecule has 8 aromatic carbocycles. The first kappa shape index (κ1) is 29.5. The lowest BCUT2D eigenvalue weighted by Crippen LogP contribution is -2.14. The Labute approximate surface area is 297 Å². The minimum Gasteiger partial charge on any atom is -0.228 e. The molecule has 0 fully saturated rings. The first-order chi connectivity index (χ1) is 25.0. The van der Waals surface area contributed by atoms with Gasteiger partial charge in [0.2, 0.25) is 0 Å². The normalized spacial score (nSPS) is 13.1. The summed E-state index contributed by atoms with van der Waals surface area (Å²) in [6.45, 7) is 4.68. The van der Waals surface area contributed by atoms with E-state index in [2.05, 4.69) is 172 Å². The molecule has 1 aliphatic rings. The first-order valence-corrected chi connectivity index (χ1v) is 17.7. The van der Waals surface area contributed by atoms with E-state index in [4.69, 9.17) is 9.97 Å². The summed E-state index contributed by atoms with van der Waals surface area (Å²) >= 11 is 0. The fourth-order valence-electron chi connectivity index (χ4n) is 8.36. The lowest BCUT2D eigenvalue weighted by molar-refractivity contribution is 0.660. The van der Waals surface area contributed by atoms with Crippen LogP contribution in [0.5, 0.6) is 0 Å². The zero-order valence-electron chi connectivity index (χ0n) is 28.6. The van der Waals surface area contributed by atoms with Crippen molar-refractivity contribution < 1.29 is 0 Å². The summed E-state index contributed by atoms with van der Waals surface area (Å²) in [5, 5.41) is 7.43. The van der Waals surface area contributed by atoms with Gasteiger partial charge < -0.3 is 0 Å². The lowest BCUT2D eigenvalue weighted by atomic mass is 9.82. The van der Waals surface area contributed by atoms with Crippen LogP contribution in [-0.4, -0.2) is 9.97 Å². The van der Waals surface area contributed by atoms with E-state index < -0.39 is 0 Å². The molecule has 0 atom stereocenters. The summed E-state index contributed by atoms with van der Waals surface area (Å²) in [6.07, 6.45) is 0. The second-order valence-electron chi connectivity index (χ2n) is 14.2. The molecule has 0 bridgehead atoms. The van der Waals surface area contributed by atoms with Gasteiger partial charge in [-0.3, -0.25) is 0 Å². The molecule has 0 aliphatic heterocycles. The van der Waals surface area contributed by atoms with Crippen LogP contribution in [0, 0.1) is 0 Å². The molecule has 0 radical (unpaired) electrons. The molecule has 0 unspecified atom stereocenters. The largest absolute Gasteiger partial charge is 0.228 e. The molecule has 9 aromatic rings. The minimum atomic E-state index is -0.0338. The predicted octanol–water partition coefficient (Wildman–Crippen LogP) is 12.9. The summed E-state index contributed by atoms with van der Waals surface area (Å²) in [5.41, 5.74) is 12.8. The molecule has 2 heteroatoms. The van der Waals surface area contributed by atoms with Gasteiger partial charge in [0, 0.05) is 22.1 Å². The van der Waals surface area contributed by atoms with Crippen molar-refractivity contribution >= 4 is 32.3 Å². The number of nitrogens with zero attached hydrogens (tertiary/aromatic N) is 2. The number of rotatable bonds is 4. The zero-order valence-corrected chi connectivity index (χ0v) is 28.6. The van der Waals surface area contributed by atoms with Gasteiger partial charge in [-0.15, -0.1) is 0 Å². The first-order valence-electron chi connectivity index (χ1n) is 17.7. The van der Waals surface area contributed by atoms with E-state index in [9.17, 15) is 0 Å². The zero-order chi connectivity index (χ0) is 34.1. The van der Waals surface area contributed by atoms with Crippen LogP contribution < -0.4 is 0 Å². The molecule has 10 rings (SSSR count). The third kappa shape index (κ3) is 4.64. The third-order valence-electron chi connectivity index (χ3n) is 10.9. The van der Waals surface area contributed by atoms with Gasteiger partial charge in [-0.2, -0.15) is 0 Å². The van der Waals surface area contributed by atoms with Crippen molar-refractivity contribution in [1.29, 1.82) is 0 Å². The SMILES string of the molecule is CC1(C)c2ccccc2-c2cc(-c3cccc4c5ccccc5c5ccc(-c6nc(-c7ccccc7)cc(-c7ccccc7)n6)cc5c34)ccc21. The topological polar surface area (TPSA) is 25.8 Å². The number of hydrogen-bond donors (Lipinski definition) is 0. The van der Waals surface area contributed by atoms with Gasteiger partial charge in [-0.1, -0.05) is 166 Å². The fourth-order valence-corrected chi connectivity index (χ4v) is 8.36. The highest BCUT2D eigenvalue weighted by molar-refractivity contribution is 6.28. The Kier molecular flexibility index (Phi) is 6.56. The van der Waals surface area contributed by atoms with Crippen molar-refractivity contribution in [3.8, 4) is 56.2 Å².